The van der Waals surface area contributed by atoms with Crippen LogP contribution in [0.5, 0.6) is 0 Å². The number of aliphatic hydroxyl groups is 4. The Morgan fingerprint density at radius 2 is 1.77 bits per heavy atom. The SMILES string of the molecule is CC(=O)CCC(=O)NC(C)(COP(=O)(O)C[C@H](O)C[C@H]1N[C@H](CO)[C@@H](O)[C@@H]1O)C(=O)O. The van der Waals surface area contributed by atoms with E-state index in [-0.39, 0.29) is 25.0 Å². The average Bonchev–Trinajstić information content (AvgIpc) is 2.92. The first-order valence-corrected chi connectivity index (χ1v) is 11.4. The van der Waals surface area contributed by atoms with Gasteiger partial charge in [0.05, 0.1) is 43.7 Å². The maximum Gasteiger partial charge on any atom is 0.331 e. The zero-order valence-electron chi connectivity index (χ0n) is 17.3. The van der Waals surface area contributed by atoms with Crippen LogP contribution in [0.15, 0.2) is 0 Å². The fourth-order valence-electron chi connectivity index (χ4n) is 3.04. The van der Waals surface area contributed by atoms with Crippen molar-refractivity contribution in [3.05, 3.63) is 0 Å². The third kappa shape index (κ3) is 8.54. The van der Waals surface area contributed by atoms with Gasteiger partial charge in [-0.1, -0.05) is 0 Å². The van der Waals surface area contributed by atoms with Crippen LogP contribution in [0.2, 0.25) is 0 Å². The van der Waals surface area contributed by atoms with Gasteiger partial charge in [0.2, 0.25) is 5.91 Å². The van der Waals surface area contributed by atoms with Gasteiger partial charge in [0.25, 0.3) is 0 Å². The molecule has 0 aliphatic carbocycles. The predicted molar refractivity (Wildman–Crippen MR) is 105 cm³/mol. The first-order chi connectivity index (χ1) is 14.2. The third-order valence-corrected chi connectivity index (χ3v) is 6.33. The molecule has 0 aromatic heterocycles. The lowest BCUT2D eigenvalue weighted by Crippen LogP contribution is -2.55. The molecule has 1 rings (SSSR count). The standard InChI is InChI=1S/C17H31N2O11P/c1-9(21)3-4-13(23)19-17(2,16(26)27)8-30-31(28,29)7-10(22)5-11-14(24)15(25)12(6-20)18-11/h10-12,14-15,18,20,22,24-25H,3-8H2,1-2H3,(H,19,23)(H,26,27)(H,28,29)/t10-,11-,12-,14-,15-,17?/m1/s1. The Hall–Kier alpha value is -1.44. The van der Waals surface area contributed by atoms with E-state index >= 15 is 0 Å². The number of carboxylic acids is 1. The molecule has 0 saturated carbocycles. The molecular weight excluding hydrogens is 439 g/mol. The minimum Gasteiger partial charge on any atom is -0.479 e. The van der Waals surface area contributed by atoms with Crippen molar-refractivity contribution in [2.24, 2.45) is 0 Å². The molecule has 13 nitrogen and oxygen atoms in total. The zero-order valence-corrected chi connectivity index (χ0v) is 18.2. The van der Waals surface area contributed by atoms with Gasteiger partial charge < -0.3 is 50.4 Å². The molecule has 8 N–H and O–H groups in total. The number of hydrogen-bond acceptors (Lipinski definition) is 10. The Bertz CT molecular complexity index is 706. The van der Waals surface area contributed by atoms with Crippen molar-refractivity contribution in [2.75, 3.05) is 19.4 Å². The molecule has 1 saturated heterocycles. The van der Waals surface area contributed by atoms with Crippen molar-refractivity contribution >= 4 is 25.3 Å². The van der Waals surface area contributed by atoms with Gasteiger partial charge in [0.15, 0.2) is 5.54 Å². The lowest BCUT2D eigenvalue weighted by Gasteiger charge is -2.28. The minimum atomic E-state index is -4.51. The normalized spacial score (nSPS) is 28.4. The molecule has 1 fully saturated rings. The van der Waals surface area contributed by atoms with Gasteiger partial charge in [-0.25, -0.2) is 4.79 Å². The van der Waals surface area contributed by atoms with E-state index in [9.17, 15) is 44.3 Å². The van der Waals surface area contributed by atoms with Crippen molar-refractivity contribution in [3.8, 4) is 0 Å². The summed E-state index contributed by atoms with van der Waals surface area (Å²) < 4.78 is 17.1. The fraction of sp³-hybridized carbons (Fsp3) is 0.824. The molecule has 1 amide bonds. The predicted octanol–water partition coefficient (Wildman–Crippen LogP) is -2.68. The number of amides is 1. The topological polar surface area (TPSA) is 223 Å². The van der Waals surface area contributed by atoms with E-state index in [1.807, 2.05) is 0 Å². The second kappa shape index (κ2) is 11.4. The molecule has 1 heterocycles. The number of aliphatic carboxylic acids is 1. The van der Waals surface area contributed by atoms with Crippen LogP contribution >= 0.6 is 7.60 Å². The van der Waals surface area contributed by atoms with Crippen molar-refractivity contribution in [1.82, 2.24) is 10.6 Å². The summed E-state index contributed by atoms with van der Waals surface area (Å²) in [5.74, 6) is -2.56. The van der Waals surface area contributed by atoms with Crippen molar-refractivity contribution < 1.29 is 53.9 Å². The molecule has 0 radical (unpaired) electrons. The monoisotopic (exact) mass is 470 g/mol. The molecule has 180 valence electrons. The highest BCUT2D eigenvalue weighted by Gasteiger charge is 2.42. The van der Waals surface area contributed by atoms with Crippen LogP contribution in [-0.2, 0) is 23.5 Å². The third-order valence-electron chi connectivity index (χ3n) is 4.91. The number of carboxylic acid groups (broad SMARTS) is 1. The molecule has 31 heavy (non-hydrogen) atoms. The van der Waals surface area contributed by atoms with E-state index in [0.29, 0.717) is 0 Å². The fourth-order valence-corrected chi connectivity index (χ4v) is 4.29. The van der Waals surface area contributed by atoms with Gasteiger partial charge in [-0.05, 0) is 20.3 Å². The molecule has 2 unspecified atom stereocenters. The number of nitrogens with one attached hydrogen (secondary N) is 2. The molecule has 14 heteroatoms. The highest BCUT2D eigenvalue weighted by molar-refractivity contribution is 7.52. The van der Waals surface area contributed by atoms with Crippen LogP contribution < -0.4 is 10.6 Å². The summed E-state index contributed by atoms with van der Waals surface area (Å²) in [6.45, 7) is 0.986. The zero-order chi connectivity index (χ0) is 24.0. The summed E-state index contributed by atoms with van der Waals surface area (Å²) in [5.41, 5.74) is -2.06. The molecule has 0 spiro atoms. The minimum absolute atomic E-state index is 0.0973. The van der Waals surface area contributed by atoms with E-state index in [1.54, 1.807) is 0 Å². The van der Waals surface area contributed by atoms with Gasteiger partial charge in [0, 0.05) is 18.9 Å². The summed E-state index contributed by atoms with van der Waals surface area (Å²) >= 11 is 0. The van der Waals surface area contributed by atoms with Crippen LogP contribution in [-0.4, -0.2) is 103 Å². The van der Waals surface area contributed by atoms with Crippen LogP contribution in [0.3, 0.4) is 0 Å². The molecule has 0 bridgehead atoms. The van der Waals surface area contributed by atoms with E-state index in [1.165, 1.54) is 6.92 Å². The maximum atomic E-state index is 12.3. The second-order valence-corrected chi connectivity index (χ2v) is 9.81. The first-order valence-electron chi connectivity index (χ1n) is 9.62. The lowest BCUT2D eigenvalue weighted by molar-refractivity contribution is -0.148. The summed E-state index contributed by atoms with van der Waals surface area (Å²) in [5, 5.41) is 53.1. The lowest BCUT2D eigenvalue weighted by atomic mass is 10.0. The van der Waals surface area contributed by atoms with Gasteiger partial charge in [-0.3, -0.25) is 9.36 Å². The number of carbonyl (C=O) groups excluding carboxylic acids is 2. The summed E-state index contributed by atoms with van der Waals surface area (Å²) in [4.78, 5) is 44.3. The summed E-state index contributed by atoms with van der Waals surface area (Å²) in [7, 11) is -4.51. The number of Topliss-reactive ketones (excluding diaryl/α,β-unsaturated/α-hetero) is 1. The van der Waals surface area contributed by atoms with E-state index < -0.39 is 74.8 Å². The highest BCUT2D eigenvalue weighted by atomic mass is 31.2. The van der Waals surface area contributed by atoms with Gasteiger partial charge in [0.1, 0.15) is 5.78 Å². The quantitative estimate of drug-likeness (QED) is 0.129. The van der Waals surface area contributed by atoms with Gasteiger partial charge >= 0.3 is 13.6 Å². The highest BCUT2D eigenvalue weighted by Crippen LogP contribution is 2.44. The van der Waals surface area contributed by atoms with Crippen molar-refractivity contribution in [1.29, 1.82) is 0 Å². The Labute approximate surface area is 178 Å². The molecule has 0 aromatic carbocycles. The van der Waals surface area contributed by atoms with Crippen LogP contribution in [0.25, 0.3) is 0 Å². The Balaban J connectivity index is 2.64. The van der Waals surface area contributed by atoms with E-state index in [2.05, 4.69) is 10.6 Å². The largest absolute Gasteiger partial charge is 0.479 e. The van der Waals surface area contributed by atoms with Crippen LogP contribution in [0, 0.1) is 0 Å². The van der Waals surface area contributed by atoms with Crippen molar-refractivity contribution in [2.45, 2.75) is 69.0 Å². The van der Waals surface area contributed by atoms with Crippen LogP contribution in [0.1, 0.15) is 33.1 Å². The maximum absolute atomic E-state index is 12.3. The van der Waals surface area contributed by atoms with Crippen LogP contribution in [0.4, 0.5) is 0 Å². The Morgan fingerprint density at radius 1 is 1.19 bits per heavy atom. The number of ketones is 1. The number of rotatable bonds is 13. The second-order valence-electron chi connectivity index (χ2n) is 7.91. The smallest absolute Gasteiger partial charge is 0.331 e. The van der Waals surface area contributed by atoms with E-state index in [0.717, 1.165) is 6.92 Å². The average molecular weight is 470 g/mol. The number of carbonyl (C=O) groups is 3. The molecule has 0 aromatic rings. The Kier molecular flexibility index (Phi) is 10.2. The summed E-state index contributed by atoms with van der Waals surface area (Å²) in [6.07, 6.45) is -5.46. The number of hydrogen-bond donors (Lipinski definition) is 8. The molecular formula is C17H31N2O11P. The summed E-state index contributed by atoms with van der Waals surface area (Å²) in [6, 6.07) is -1.67. The number of aliphatic hydroxyl groups excluding tert-OH is 4. The Morgan fingerprint density at radius 3 is 2.26 bits per heavy atom. The van der Waals surface area contributed by atoms with Gasteiger partial charge in [-0.15, -0.1) is 0 Å². The molecule has 1 aliphatic heterocycles. The van der Waals surface area contributed by atoms with Crippen molar-refractivity contribution in [3.63, 3.8) is 0 Å². The first kappa shape index (κ1) is 27.6. The van der Waals surface area contributed by atoms with E-state index in [4.69, 9.17) is 9.63 Å². The van der Waals surface area contributed by atoms with Gasteiger partial charge in [-0.2, -0.15) is 0 Å². The molecule has 1 aliphatic rings. The molecule has 7 atom stereocenters.